The first-order valence-electron chi connectivity index (χ1n) is 4.85. The monoisotopic (exact) mass is 198 g/mol. The summed E-state index contributed by atoms with van der Waals surface area (Å²) in [5.74, 6) is -0.884. The molecule has 0 amide bonds. The molecule has 0 aromatic heterocycles. The van der Waals surface area contributed by atoms with Crippen LogP contribution in [-0.2, 0) is 4.79 Å². The number of likely N-dealkylation sites (N-methyl/N-ethyl adjacent to an activating group) is 1. The number of hydrogen-bond acceptors (Lipinski definition) is 3. The van der Waals surface area contributed by atoms with E-state index in [1.54, 1.807) is 6.20 Å². The maximum absolute atomic E-state index is 10.4. The van der Waals surface area contributed by atoms with Crippen molar-refractivity contribution in [1.82, 2.24) is 9.80 Å². The summed E-state index contributed by atoms with van der Waals surface area (Å²) in [5.41, 5.74) is 0. The molecule has 14 heavy (non-hydrogen) atoms. The topological polar surface area (TPSA) is 43.8 Å². The van der Waals surface area contributed by atoms with Crippen molar-refractivity contribution < 1.29 is 9.90 Å². The summed E-state index contributed by atoms with van der Waals surface area (Å²) < 4.78 is 0. The van der Waals surface area contributed by atoms with Crippen molar-refractivity contribution in [2.75, 3.05) is 20.6 Å². The Morgan fingerprint density at radius 1 is 1.57 bits per heavy atom. The van der Waals surface area contributed by atoms with Crippen LogP contribution in [0.25, 0.3) is 0 Å². The number of carbonyl (C=O) groups is 1. The molecule has 0 aromatic rings. The highest BCUT2D eigenvalue weighted by Crippen LogP contribution is 2.20. The normalized spacial score (nSPS) is 27.9. The van der Waals surface area contributed by atoms with Gasteiger partial charge in [-0.2, -0.15) is 0 Å². The highest BCUT2D eigenvalue weighted by molar-refractivity contribution is 5.79. The Kier molecular flexibility index (Phi) is 3.52. The summed E-state index contributed by atoms with van der Waals surface area (Å²) in [6.45, 7) is 3.07. The summed E-state index contributed by atoms with van der Waals surface area (Å²) in [6, 6.07) is 0.911. The van der Waals surface area contributed by atoms with Crippen molar-refractivity contribution in [3.8, 4) is 0 Å². The largest absolute Gasteiger partial charge is 0.478 e. The number of nitrogens with zero attached hydrogens (tertiary/aromatic N) is 2. The van der Waals surface area contributed by atoms with E-state index in [2.05, 4.69) is 30.8 Å². The lowest BCUT2D eigenvalue weighted by molar-refractivity contribution is -0.131. The minimum absolute atomic E-state index is 0.389. The Morgan fingerprint density at radius 2 is 2.21 bits per heavy atom. The molecule has 4 heteroatoms. The van der Waals surface area contributed by atoms with Crippen LogP contribution in [0.4, 0.5) is 0 Å². The SMILES string of the molecule is CC1C(N(C)C)CCN1/C=C/C(=O)O. The second-order valence-corrected chi connectivity index (χ2v) is 3.95. The molecule has 1 heterocycles. The first-order chi connectivity index (χ1) is 6.52. The van der Waals surface area contributed by atoms with Gasteiger partial charge < -0.3 is 14.9 Å². The zero-order chi connectivity index (χ0) is 10.7. The van der Waals surface area contributed by atoms with Gasteiger partial charge in [0.1, 0.15) is 0 Å². The van der Waals surface area contributed by atoms with Crippen LogP contribution in [-0.4, -0.2) is 53.6 Å². The Morgan fingerprint density at radius 3 is 2.64 bits per heavy atom. The minimum atomic E-state index is -0.884. The van der Waals surface area contributed by atoms with E-state index in [-0.39, 0.29) is 0 Å². The quantitative estimate of drug-likeness (QED) is 0.675. The lowest BCUT2D eigenvalue weighted by Gasteiger charge is -2.27. The Balaban J connectivity index is 2.55. The molecule has 0 radical (unpaired) electrons. The molecular formula is C10H18N2O2. The van der Waals surface area contributed by atoms with Crippen molar-refractivity contribution in [1.29, 1.82) is 0 Å². The Labute approximate surface area is 84.8 Å². The molecule has 0 aliphatic carbocycles. The molecule has 1 aliphatic heterocycles. The van der Waals surface area contributed by atoms with Crippen molar-refractivity contribution in [2.24, 2.45) is 0 Å². The molecule has 1 fully saturated rings. The molecule has 0 aromatic carbocycles. The summed E-state index contributed by atoms with van der Waals surface area (Å²) in [6.07, 6.45) is 3.98. The van der Waals surface area contributed by atoms with Gasteiger partial charge in [-0.05, 0) is 27.4 Å². The minimum Gasteiger partial charge on any atom is -0.478 e. The fourth-order valence-electron chi connectivity index (χ4n) is 2.01. The van der Waals surface area contributed by atoms with Crippen LogP contribution in [0.1, 0.15) is 13.3 Å². The summed E-state index contributed by atoms with van der Waals surface area (Å²) in [7, 11) is 4.12. The molecule has 2 atom stereocenters. The number of hydrogen-bond donors (Lipinski definition) is 1. The molecule has 1 rings (SSSR count). The number of carboxylic acid groups (broad SMARTS) is 1. The summed E-state index contributed by atoms with van der Waals surface area (Å²) in [4.78, 5) is 14.6. The van der Waals surface area contributed by atoms with Gasteiger partial charge in [-0.1, -0.05) is 0 Å². The molecule has 0 bridgehead atoms. The molecular weight excluding hydrogens is 180 g/mol. The van der Waals surface area contributed by atoms with E-state index in [0.717, 1.165) is 13.0 Å². The van der Waals surface area contributed by atoms with Gasteiger partial charge in [0, 0.05) is 30.9 Å². The average Bonchev–Trinajstić information content (AvgIpc) is 2.43. The fraction of sp³-hybridized carbons (Fsp3) is 0.700. The lowest BCUT2D eigenvalue weighted by Crippen LogP contribution is -2.37. The van der Waals surface area contributed by atoms with E-state index in [9.17, 15) is 4.79 Å². The highest BCUT2D eigenvalue weighted by Gasteiger charge is 2.29. The average molecular weight is 198 g/mol. The van der Waals surface area contributed by atoms with Crippen molar-refractivity contribution in [3.63, 3.8) is 0 Å². The van der Waals surface area contributed by atoms with Gasteiger partial charge in [0.2, 0.25) is 0 Å². The zero-order valence-corrected chi connectivity index (χ0v) is 8.97. The van der Waals surface area contributed by atoms with Crippen LogP contribution in [0.15, 0.2) is 12.3 Å². The second-order valence-electron chi connectivity index (χ2n) is 3.95. The van der Waals surface area contributed by atoms with Crippen LogP contribution in [0, 0.1) is 0 Å². The zero-order valence-electron chi connectivity index (χ0n) is 8.97. The van der Waals surface area contributed by atoms with Crippen LogP contribution >= 0.6 is 0 Å². The maximum Gasteiger partial charge on any atom is 0.329 e. The van der Waals surface area contributed by atoms with Crippen LogP contribution in [0.3, 0.4) is 0 Å². The van der Waals surface area contributed by atoms with Gasteiger partial charge in [0.25, 0.3) is 0 Å². The van der Waals surface area contributed by atoms with E-state index < -0.39 is 5.97 Å². The van der Waals surface area contributed by atoms with Gasteiger partial charge >= 0.3 is 5.97 Å². The Bertz CT molecular complexity index is 238. The highest BCUT2D eigenvalue weighted by atomic mass is 16.4. The van der Waals surface area contributed by atoms with Gasteiger partial charge in [0.05, 0.1) is 0 Å². The third-order valence-electron chi connectivity index (χ3n) is 2.83. The van der Waals surface area contributed by atoms with Gasteiger partial charge in [-0.15, -0.1) is 0 Å². The number of likely N-dealkylation sites (tertiary alicyclic amines) is 1. The van der Waals surface area contributed by atoms with Gasteiger partial charge in [-0.25, -0.2) is 4.79 Å². The first kappa shape index (κ1) is 11.0. The van der Waals surface area contributed by atoms with E-state index in [4.69, 9.17) is 5.11 Å². The smallest absolute Gasteiger partial charge is 0.329 e. The first-order valence-corrected chi connectivity index (χ1v) is 4.85. The van der Waals surface area contributed by atoms with E-state index in [1.165, 1.54) is 6.08 Å². The summed E-state index contributed by atoms with van der Waals surface area (Å²) in [5, 5.41) is 8.51. The predicted molar refractivity (Wildman–Crippen MR) is 55.0 cm³/mol. The number of rotatable bonds is 3. The van der Waals surface area contributed by atoms with Crippen LogP contribution < -0.4 is 0 Å². The fourth-order valence-corrected chi connectivity index (χ4v) is 2.01. The molecule has 0 spiro atoms. The van der Waals surface area contributed by atoms with Gasteiger partial charge in [0.15, 0.2) is 0 Å². The van der Waals surface area contributed by atoms with E-state index in [1.807, 2.05) is 0 Å². The van der Waals surface area contributed by atoms with Crippen molar-refractivity contribution >= 4 is 5.97 Å². The van der Waals surface area contributed by atoms with Crippen LogP contribution in [0.2, 0.25) is 0 Å². The molecule has 2 unspecified atom stereocenters. The number of carboxylic acids is 1. The Hall–Kier alpha value is -1.03. The van der Waals surface area contributed by atoms with E-state index in [0.29, 0.717) is 12.1 Å². The molecule has 1 N–H and O–H groups in total. The molecule has 0 saturated carbocycles. The van der Waals surface area contributed by atoms with Crippen molar-refractivity contribution in [3.05, 3.63) is 12.3 Å². The molecule has 1 saturated heterocycles. The second kappa shape index (κ2) is 4.46. The van der Waals surface area contributed by atoms with Crippen LogP contribution in [0.5, 0.6) is 0 Å². The molecule has 1 aliphatic rings. The standard InChI is InChI=1S/C10H18N2O2/c1-8-9(11(2)3)4-6-12(8)7-5-10(13)14/h5,7-9H,4,6H2,1-3H3,(H,13,14)/b7-5+. The molecule has 80 valence electrons. The predicted octanol–water partition coefficient (Wildman–Crippen LogP) is 0.609. The van der Waals surface area contributed by atoms with Crippen molar-refractivity contribution in [2.45, 2.75) is 25.4 Å². The third kappa shape index (κ3) is 2.48. The summed E-state index contributed by atoms with van der Waals surface area (Å²) >= 11 is 0. The van der Waals surface area contributed by atoms with E-state index >= 15 is 0 Å². The molecule has 4 nitrogen and oxygen atoms in total. The lowest BCUT2D eigenvalue weighted by atomic mass is 10.1. The van der Waals surface area contributed by atoms with Gasteiger partial charge in [-0.3, -0.25) is 0 Å². The maximum atomic E-state index is 10.4. The number of aliphatic carboxylic acids is 1. The third-order valence-corrected chi connectivity index (χ3v) is 2.83.